The molecular weight excluding hydrogens is 176 g/mol. The number of aryl methyl sites for hydroxylation is 1. The third-order valence-corrected chi connectivity index (χ3v) is 1.91. The van der Waals surface area contributed by atoms with Gasteiger partial charge < -0.3 is 0 Å². The SMILES string of the molecule is N#CC(CCc1ccccc1)N=C=O. The molecule has 3 nitrogen and oxygen atoms in total. The highest BCUT2D eigenvalue weighted by Crippen LogP contribution is 2.06. The summed E-state index contributed by atoms with van der Waals surface area (Å²) in [5.41, 5.74) is 1.15. The number of aliphatic imine (C=N–C) groups is 1. The fourth-order valence-corrected chi connectivity index (χ4v) is 1.17. The molecule has 0 aliphatic heterocycles. The number of isocyanates is 1. The molecule has 0 heterocycles. The summed E-state index contributed by atoms with van der Waals surface area (Å²) in [5, 5.41) is 8.61. The lowest BCUT2D eigenvalue weighted by molar-refractivity contribution is 0.559. The highest BCUT2D eigenvalue weighted by atomic mass is 16.1. The Balaban J connectivity index is 2.48. The molecule has 0 aliphatic carbocycles. The van der Waals surface area contributed by atoms with Gasteiger partial charge in [-0.1, -0.05) is 30.3 Å². The molecule has 0 amide bonds. The lowest BCUT2D eigenvalue weighted by Gasteiger charge is -2.01. The monoisotopic (exact) mass is 186 g/mol. The Labute approximate surface area is 82.7 Å². The summed E-state index contributed by atoms with van der Waals surface area (Å²) in [5.74, 6) is 0. The summed E-state index contributed by atoms with van der Waals surface area (Å²) >= 11 is 0. The zero-order chi connectivity index (χ0) is 10.2. The Morgan fingerprint density at radius 3 is 2.64 bits per heavy atom. The Hall–Kier alpha value is -1.91. The second-order valence-corrected chi connectivity index (χ2v) is 2.89. The van der Waals surface area contributed by atoms with Gasteiger partial charge >= 0.3 is 0 Å². The first-order chi connectivity index (χ1) is 6.86. The topological polar surface area (TPSA) is 53.2 Å². The molecule has 1 aromatic carbocycles. The lowest BCUT2D eigenvalue weighted by atomic mass is 10.1. The fourth-order valence-electron chi connectivity index (χ4n) is 1.17. The van der Waals surface area contributed by atoms with Crippen molar-refractivity contribution in [1.29, 1.82) is 5.26 Å². The van der Waals surface area contributed by atoms with Crippen LogP contribution in [0.25, 0.3) is 0 Å². The van der Waals surface area contributed by atoms with Gasteiger partial charge in [-0.3, -0.25) is 0 Å². The van der Waals surface area contributed by atoms with Crippen molar-refractivity contribution in [2.45, 2.75) is 18.9 Å². The number of rotatable bonds is 4. The van der Waals surface area contributed by atoms with Crippen LogP contribution in [0.4, 0.5) is 0 Å². The van der Waals surface area contributed by atoms with E-state index in [1.807, 2.05) is 36.4 Å². The maximum atomic E-state index is 9.94. The quantitative estimate of drug-likeness (QED) is 0.532. The van der Waals surface area contributed by atoms with Gasteiger partial charge in [0.2, 0.25) is 6.08 Å². The molecule has 14 heavy (non-hydrogen) atoms. The van der Waals surface area contributed by atoms with Crippen LogP contribution in [0.1, 0.15) is 12.0 Å². The predicted molar refractivity (Wildman–Crippen MR) is 52.3 cm³/mol. The Kier molecular flexibility index (Phi) is 4.13. The van der Waals surface area contributed by atoms with E-state index in [0.717, 1.165) is 12.0 Å². The van der Waals surface area contributed by atoms with E-state index in [2.05, 4.69) is 4.99 Å². The number of nitriles is 1. The van der Waals surface area contributed by atoms with Crippen LogP contribution in [0, 0.1) is 11.3 Å². The van der Waals surface area contributed by atoms with Crippen molar-refractivity contribution in [2.24, 2.45) is 4.99 Å². The number of benzene rings is 1. The molecule has 1 rings (SSSR count). The molecule has 0 radical (unpaired) electrons. The van der Waals surface area contributed by atoms with Gasteiger partial charge in [-0.25, -0.2) is 4.79 Å². The van der Waals surface area contributed by atoms with Gasteiger partial charge in [0.15, 0.2) is 0 Å². The number of hydrogen-bond acceptors (Lipinski definition) is 3. The molecule has 0 N–H and O–H groups in total. The number of hydrogen-bond donors (Lipinski definition) is 0. The maximum absolute atomic E-state index is 9.94. The van der Waals surface area contributed by atoms with Gasteiger partial charge in [0, 0.05) is 0 Å². The van der Waals surface area contributed by atoms with Crippen LogP contribution in [-0.4, -0.2) is 12.1 Å². The van der Waals surface area contributed by atoms with Crippen LogP contribution in [0.2, 0.25) is 0 Å². The molecule has 0 spiro atoms. The maximum Gasteiger partial charge on any atom is 0.236 e. The van der Waals surface area contributed by atoms with Gasteiger partial charge in [0.1, 0.15) is 6.04 Å². The van der Waals surface area contributed by atoms with Crippen molar-refractivity contribution in [2.75, 3.05) is 0 Å². The zero-order valence-electron chi connectivity index (χ0n) is 7.68. The summed E-state index contributed by atoms with van der Waals surface area (Å²) in [6.45, 7) is 0. The zero-order valence-corrected chi connectivity index (χ0v) is 7.68. The third-order valence-electron chi connectivity index (χ3n) is 1.91. The molecule has 1 unspecified atom stereocenters. The molecule has 1 aromatic rings. The van der Waals surface area contributed by atoms with E-state index >= 15 is 0 Å². The van der Waals surface area contributed by atoms with Crippen LogP contribution in [0.3, 0.4) is 0 Å². The lowest BCUT2D eigenvalue weighted by Crippen LogP contribution is -2.02. The highest BCUT2D eigenvalue weighted by Gasteiger charge is 2.04. The largest absolute Gasteiger partial charge is 0.236 e. The Morgan fingerprint density at radius 1 is 1.36 bits per heavy atom. The number of carbonyl (C=O) groups excluding carboxylic acids is 1. The molecule has 0 saturated heterocycles. The van der Waals surface area contributed by atoms with E-state index in [4.69, 9.17) is 5.26 Å². The van der Waals surface area contributed by atoms with Crippen molar-refractivity contribution < 1.29 is 4.79 Å². The van der Waals surface area contributed by atoms with Crippen molar-refractivity contribution in [1.82, 2.24) is 0 Å². The molecule has 1 atom stereocenters. The van der Waals surface area contributed by atoms with Crippen molar-refractivity contribution in [3.05, 3.63) is 35.9 Å². The van der Waals surface area contributed by atoms with Crippen molar-refractivity contribution in [3.8, 4) is 6.07 Å². The van der Waals surface area contributed by atoms with Crippen LogP contribution in [0.5, 0.6) is 0 Å². The first-order valence-corrected chi connectivity index (χ1v) is 4.37. The first-order valence-electron chi connectivity index (χ1n) is 4.37. The van der Waals surface area contributed by atoms with E-state index in [1.165, 1.54) is 6.08 Å². The smallest absolute Gasteiger partial charge is 0.211 e. The van der Waals surface area contributed by atoms with E-state index < -0.39 is 6.04 Å². The molecule has 0 saturated carbocycles. The average molecular weight is 186 g/mol. The standard InChI is InChI=1S/C11H10N2O/c12-8-11(13-9-14)7-6-10-4-2-1-3-5-10/h1-5,11H,6-7H2. The summed E-state index contributed by atoms with van der Waals surface area (Å²) in [7, 11) is 0. The summed E-state index contributed by atoms with van der Waals surface area (Å²) in [4.78, 5) is 13.3. The van der Waals surface area contributed by atoms with E-state index in [1.54, 1.807) is 0 Å². The predicted octanol–water partition coefficient (Wildman–Crippen LogP) is 1.85. The van der Waals surface area contributed by atoms with Crippen LogP contribution in [-0.2, 0) is 11.2 Å². The molecule has 70 valence electrons. The minimum absolute atomic E-state index is 0.562. The van der Waals surface area contributed by atoms with Crippen molar-refractivity contribution >= 4 is 6.08 Å². The molecular formula is C11H10N2O. The highest BCUT2D eigenvalue weighted by molar-refractivity contribution is 5.34. The summed E-state index contributed by atoms with van der Waals surface area (Å²) < 4.78 is 0. The summed E-state index contributed by atoms with van der Waals surface area (Å²) in [6.07, 6.45) is 2.73. The normalized spacial score (nSPS) is 11.1. The second-order valence-electron chi connectivity index (χ2n) is 2.89. The minimum Gasteiger partial charge on any atom is -0.211 e. The molecule has 0 bridgehead atoms. The third kappa shape index (κ3) is 3.22. The van der Waals surface area contributed by atoms with Gasteiger partial charge in [-0.05, 0) is 18.4 Å². The molecule has 0 aromatic heterocycles. The van der Waals surface area contributed by atoms with Gasteiger partial charge in [-0.15, -0.1) is 0 Å². The van der Waals surface area contributed by atoms with E-state index in [-0.39, 0.29) is 0 Å². The van der Waals surface area contributed by atoms with Gasteiger partial charge in [0.05, 0.1) is 6.07 Å². The van der Waals surface area contributed by atoms with Gasteiger partial charge in [0.25, 0.3) is 0 Å². The Bertz CT molecular complexity index is 361. The van der Waals surface area contributed by atoms with E-state index in [0.29, 0.717) is 6.42 Å². The van der Waals surface area contributed by atoms with Crippen LogP contribution in [0.15, 0.2) is 35.3 Å². The summed E-state index contributed by atoms with van der Waals surface area (Å²) in [6, 6.07) is 11.2. The van der Waals surface area contributed by atoms with Crippen LogP contribution >= 0.6 is 0 Å². The minimum atomic E-state index is -0.562. The van der Waals surface area contributed by atoms with Crippen molar-refractivity contribution in [3.63, 3.8) is 0 Å². The van der Waals surface area contributed by atoms with Gasteiger partial charge in [-0.2, -0.15) is 10.3 Å². The average Bonchev–Trinajstić information content (AvgIpc) is 2.25. The second kappa shape index (κ2) is 5.69. The fraction of sp³-hybridized carbons (Fsp3) is 0.273. The number of nitrogens with zero attached hydrogens (tertiary/aromatic N) is 2. The molecule has 0 aliphatic rings. The Morgan fingerprint density at radius 2 is 2.07 bits per heavy atom. The van der Waals surface area contributed by atoms with E-state index in [9.17, 15) is 4.79 Å². The van der Waals surface area contributed by atoms with Crippen LogP contribution < -0.4 is 0 Å². The first kappa shape index (κ1) is 10.2. The molecule has 0 fully saturated rings. The molecule has 3 heteroatoms.